The fourth-order valence-corrected chi connectivity index (χ4v) is 23.8. The fraction of sp³-hybridized carbons (Fsp3) is 0.857. The molecule has 5 unspecified atom stereocenters. The van der Waals surface area contributed by atoms with Gasteiger partial charge in [0.15, 0.2) is 11.6 Å². The second kappa shape index (κ2) is 29.9. The molecule has 0 aromatic carbocycles. The van der Waals surface area contributed by atoms with E-state index < -0.39 is 17.1 Å². The van der Waals surface area contributed by atoms with Gasteiger partial charge in [-0.2, -0.15) is 0 Å². The van der Waals surface area contributed by atoms with Crippen LogP contribution in [0.5, 0.6) is 0 Å². The summed E-state index contributed by atoms with van der Waals surface area (Å²) in [7, 11) is 0. The van der Waals surface area contributed by atoms with Gasteiger partial charge in [-0.3, -0.25) is 9.59 Å². The number of ketones is 2. The number of carbonyl (C=O) groups is 2. The molecule has 91 heavy (non-hydrogen) atoms. The number of rotatable bonds is 19. The van der Waals surface area contributed by atoms with E-state index in [-0.39, 0.29) is 47.4 Å². The lowest BCUT2D eigenvalue weighted by Crippen LogP contribution is -2.62. The van der Waals surface area contributed by atoms with Gasteiger partial charge in [0.2, 0.25) is 0 Å². The number of aliphatic hydroxyl groups is 2. The molecule has 0 heterocycles. The molecule has 2 N–H and O–H groups in total. The summed E-state index contributed by atoms with van der Waals surface area (Å²) < 4.78 is 17.9. The van der Waals surface area contributed by atoms with Crippen LogP contribution in [0.4, 0.5) is 0 Å². The second-order valence-electron chi connectivity index (χ2n) is 36.1. The number of carbonyl (C=O) groups excluding carboxylic acids is 2. The van der Waals surface area contributed by atoms with Crippen LogP contribution >= 0.6 is 0 Å². The summed E-state index contributed by atoms with van der Waals surface area (Å²) in [6.07, 6.45) is 45.1. The van der Waals surface area contributed by atoms with Crippen LogP contribution in [0.25, 0.3) is 0 Å². The van der Waals surface area contributed by atoms with Crippen LogP contribution in [0, 0.1) is 104 Å². The number of allylic oxidation sites excluding steroid dienone is 6. The van der Waals surface area contributed by atoms with Crippen molar-refractivity contribution in [2.24, 2.45) is 104 Å². The lowest BCUT2D eigenvalue weighted by molar-refractivity contribution is -0.184. The van der Waals surface area contributed by atoms with E-state index in [1.807, 2.05) is 26.8 Å². The first kappa shape index (κ1) is 73.1. The zero-order valence-corrected chi connectivity index (χ0v) is 61.6. The third-order valence-corrected chi connectivity index (χ3v) is 28.6. The molecule has 9 fully saturated rings. The molecule has 0 radical (unpaired) electrons. The molecule has 20 atom stereocenters. The highest BCUT2D eigenvalue weighted by Gasteiger charge is 2.68. The van der Waals surface area contributed by atoms with Crippen LogP contribution in [0.15, 0.2) is 58.7 Å². The second-order valence-corrected chi connectivity index (χ2v) is 36.1. The average molecular weight is 1260 g/mol. The molecule has 9 saturated carbocycles. The van der Waals surface area contributed by atoms with Gasteiger partial charge in [-0.1, -0.05) is 162 Å². The van der Waals surface area contributed by atoms with Crippen molar-refractivity contribution < 1.29 is 34.0 Å². The van der Waals surface area contributed by atoms with Crippen LogP contribution in [0.2, 0.25) is 0 Å². The molecule has 516 valence electrons. The smallest absolute Gasteiger partial charge is 0.190 e. The van der Waals surface area contributed by atoms with Crippen LogP contribution in [0.1, 0.15) is 304 Å². The van der Waals surface area contributed by atoms with Gasteiger partial charge in [-0.05, 0) is 293 Å². The molecule has 0 saturated heterocycles. The van der Waals surface area contributed by atoms with Crippen LogP contribution in [0.3, 0.4) is 0 Å². The van der Waals surface area contributed by atoms with Crippen molar-refractivity contribution in [1.29, 1.82) is 0 Å². The first-order valence-electron chi connectivity index (χ1n) is 38.8. The molecule has 0 aliphatic heterocycles. The van der Waals surface area contributed by atoms with E-state index in [4.69, 9.17) is 14.2 Å². The number of aliphatic hydroxyl groups excluding tert-OH is 1. The summed E-state index contributed by atoms with van der Waals surface area (Å²) in [5.74, 6) is 9.57. The number of hydrogen-bond acceptors (Lipinski definition) is 7. The van der Waals surface area contributed by atoms with E-state index in [1.165, 1.54) is 139 Å². The highest BCUT2D eigenvalue weighted by Crippen LogP contribution is 2.70. The molecule has 0 bridgehead atoms. The lowest BCUT2D eigenvalue weighted by atomic mass is 9.45. The molecule has 0 aromatic rings. The molecule has 0 spiro atoms. The zero-order valence-electron chi connectivity index (χ0n) is 61.6. The maximum atomic E-state index is 13.0. The van der Waals surface area contributed by atoms with Crippen LogP contribution < -0.4 is 0 Å². The van der Waals surface area contributed by atoms with E-state index in [0.717, 1.165) is 104 Å². The first-order chi connectivity index (χ1) is 42.9. The minimum Gasteiger partial charge on any atom is -0.393 e. The van der Waals surface area contributed by atoms with Gasteiger partial charge in [0.25, 0.3) is 0 Å². The molecular weight excluding hydrogens is 1120 g/mol. The van der Waals surface area contributed by atoms with Gasteiger partial charge in [0.05, 0.1) is 36.6 Å². The highest BCUT2D eigenvalue weighted by molar-refractivity contribution is 5.92. The Morgan fingerprint density at radius 3 is 1.90 bits per heavy atom. The molecule has 0 amide bonds. The zero-order chi connectivity index (χ0) is 66.2. The van der Waals surface area contributed by atoms with Crippen LogP contribution in [-0.4, -0.2) is 70.6 Å². The van der Waals surface area contributed by atoms with Crippen molar-refractivity contribution in [3.63, 3.8) is 0 Å². The molecule has 0 aromatic heterocycles. The third kappa shape index (κ3) is 15.3. The Hall–Kier alpha value is -2.16. The largest absolute Gasteiger partial charge is 0.393 e. The van der Waals surface area contributed by atoms with E-state index in [0.29, 0.717) is 59.9 Å². The standard InChI is InChI=1S/C30H52O.C30H50O.C24H36O5/c1-20(2)9-8-10-22(5)26-13-14-27-25-12-11-23-19-24(31-21(3)4)15-17-29(23,6)28(25)16-18-30(26,27)7;1-21(2)10-8-11-24(6)28-17-18-29-25(12-9-19-30(28,29)7)14-15-26-20-27(31-22(3)4)16-13-23(26)5;1-14(2)29-13-20(27)24(28)10-8-18-17-6-5-15-11-16(25)7-9-22(15,3)21(17)19(26)12-23(18,24)4/h11,20-22,24-28H,8-10,12-19H2,1-7H3;14-15,21-22,24,27-29H,5,8-13,16-20H2,1-4,6-7H3;11,14,17-19,21,26,28H,5-10,12-13H2,1-4H3/b;25-14+,26-15+;/t22-,24+,25+,26-,27+,28+,29+,30-;;17-,18-,19-,21+,22-,23-,24-/m0.0/s1. The van der Waals surface area contributed by atoms with Crippen LogP contribution in [-0.2, 0) is 23.8 Å². The van der Waals surface area contributed by atoms with Gasteiger partial charge < -0.3 is 24.4 Å². The Balaban J connectivity index is 0.000000162. The van der Waals surface area contributed by atoms with E-state index >= 15 is 0 Å². The summed E-state index contributed by atoms with van der Waals surface area (Å²) in [5.41, 5.74) is 6.85. The summed E-state index contributed by atoms with van der Waals surface area (Å²) in [6, 6.07) is 0. The summed E-state index contributed by atoms with van der Waals surface area (Å²) in [6.45, 7) is 43.6. The van der Waals surface area contributed by atoms with Crippen molar-refractivity contribution in [2.75, 3.05) is 6.61 Å². The Bertz CT molecular complexity index is 2620. The normalized spacial score (nSPS) is 41.7. The van der Waals surface area contributed by atoms with E-state index in [1.54, 1.807) is 11.1 Å². The minimum atomic E-state index is -1.43. The molecule has 11 aliphatic rings. The summed E-state index contributed by atoms with van der Waals surface area (Å²) in [5, 5.41) is 22.9. The number of ether oxygens (including phenoxy) is 3. The van der Waals surface area contributed by atoms with Crippen molar-refractivity contribution in [3.05, 3.63) is 58.7 Å². The summed E-state index contributed by atoms with van der Waals surface area (Å²) >= 11 is 0. The Kier molecular flexibility index (Phi) is 24.0. The predicted octanol–water partition coefficient (Wildman–Crippen LogP) is 21.1. The van der Waals surface area contributed by atoms with Crippen molar-refractivity contribution in [1.82, 2.24) is 0 Å². The van der Waals surface area contributed by atoms with Gasteiger partial charge in [-0.25, -0.2) is 0 Å². The quantitative estimate of drug-likeness (QED) is 0.124. The molecule has 11 rings (SSSR count). The average Bonchev–Trinajstić information content (AvgIpc) is 1.67. The number of Topliss-reactive ketones (excluding diaryl/α,β-unsaturated/α-hetero) is 1. The van der Waals surface area contributed by atoms with Gasteiger partial charge in [0, 0.05) is 11.8 Å². The molecule has 11 aliphatic carbocycles. The highest BCUT2D eigenvalue weighted by atomic mass is 16.5. The Morgan fingerprint density at radius 2 is 1.25 bits per heavy atom. The Labute approximate surface area is 558 Å². The van der Waals surface area contributed by atoms with Gasteiger partial charge in [0.1, 0.15) is 12.2 Å². The Morgan fingerprint density at radius 1 is 0.615 bits per heavy atom. The predicted molar refractivity (Wildman–Crippen MR) is 377 cm³/mol. The SMILES string of the molecule is C=C1CCC(OC(C)C)C/C1=C\C=C1/CCCC2(C)C1CCC2C(C)CCCC(C)C.CC(C)CCC[C@H](C)[C@@H]1CC[C@@H]2[C@H]3CC=C4C[C@H](OC(C)C)CC[C@@]4(C)[C@@H]3CC[C@]21C.CC(C)OCC(=O)[C@@]1(O)CC[C@H]2[C@@H]3CCC4=CC(=O)CC[C@]4(C)[C@H]3[C@@H](O)C[C@@]21C. The van der Waals surface area contributed by atoms with Gasteiger partial charge in [-0.15, -0.1) is 0 Å². The monoisotopic (exact) mass is 1260 g/mol. The molecule has 7 heteroatoms. The first-order valence-corrected chi connectivity index (χ1v) is 38.8. The maximum absolute atomic E-state index is 13.0. The van der Waals surface area contributed by atoms with Crippen molar-refractivity contribution >= 4 is 11.6 Å². The lowest BCUT2D eigenvalue weighted by Gasteiger charge is -2.60. The molecule has 7 nitrogen and oxygen atoms in total. The molecular formula is C84H138O7. The van der Waals surface area contributed by atoms with E-state index in [2.05, 4.69) is 122 Å². The summed E-state index contributed by atoms with van der Waals surface area (Å²) in [4.78, 5) is 25.0. The van der Waals surface area contributed by atoms with E-state index in [9.17, 15) is 19.8 Å². The fourth-order valence-electron chi connectivity index (χ4n) is 23.8. The maximum Gasteiger partial charge on any atom is 0.190 e. The minimum absolute atomic E-state index is 0.0635. The third-order valence-electron chi connectivity index (χ3n) is 28.6. The van der Waals surface area contributed by atoms with Gasteiger partial charge >= 0.3 is 0 Å². The topological polar surface area (TPSA) is 102 Å². The number of fused-ring (bicyclic) bond motifs is 11. The van der Waals surface area contributed by atoms with Crippen molar-refractivity contribution in [2.45, 2.75) is 346 Å². The van der Waals surface area contributed by atoms with Crippen molar-refractivity contribution in [3.8, 4) is 0 Å². The number of hydrogen-bond donors (Lipinski definition) is 2.